The maximum absolute atomic E-state index is 11.9. The average molecular weight is 258 g/mol. The molecule has 0 aliphatic carbocycles. The smallest absolute Gasteiger partial charge is 0.317 e. The molecule has 1 saturated heterocycles. The van der Waals surface area contributed by atoms with Crippen molar-refractivity contribution in [2.45, 2.75) is 18.9 Å². The molecular weight excluding hydrogens is 240 g/mol. The van der Waals surface area contributed by atoms with E-state index < -0.39 is 11.9 Å². The highest BCUT2D eigenvalue weighted by atomic mass is 16.5. The van der Waals surface area contributed by atoms with Crippen molar-refractivity contribution < 1.29 is 19.6 Å². The summed E-state index contributed by atoms with van der Waals surface area (Å²) in [6, 6.07) is -0.869. The Kier molecular flexibility index (Phi) is 5.53. The lowest BCUT2D eigenvalue weighted by Crippen LogP contribution is -2.58. The van der Waals surface area contributed by atoms with Gasteiger partial charge >= 0.3 is 6.03 Å². The second-order valence-corrected chi connectivity index (χ2v) is 3.97. The molecule has 1 atom stereocenters. The Morgan fingerprint density at radius 1 is 1.39 bits per heavy atom. The molecule has 0 aromatic heterocycles. The molecule has 1 aliphatic heterocycles. The van der Waals surface area contributed by atoms with Gasteiger partial charge in [-0.15, -0.1) is 0 Å². The number of hydrogen-bond donors (Lipinski definition) is 4. The van der Waals surface area contributed by atoms with Gasteiger partial charge in [-0.2, -0.15) is 0 Å². The number of carbonyl (C=O) groups excluding carboxylic acids is 3. The van der Waals surface area contributed by atoms with E-state index in [2.05, 4.69) is 10.6 Å². The van der Waals surface area contributed by atoms with E-state index in [4.69, 9.17) is 5.21 Å². The molecule has 1 aliphatic rings. The van der Waals surface area contributed by atoms with Gasteiger partial charge in [0.15, 0.2) is 5.78 Å². The maximum atomic E-state index is 11.9. The van der Waals surface area contributed by atoms with Crippen LogP contribution in [0.1, 0.15) is 12.8 Å². The Hall–Kier alpha value is -1.67. The molecule has 0 aromatic rings. The average Bonchev–Trinajstić information content (AvgIpc) is 2.43. The summed E-state index contributed by atoms with van der Waals surface area (Å²) in [6.07, 6.45) is -0.0976. The van der Waals surface area contributed by atoms with Gasteiger partial charge in [0, 0.05) is 39.5 Å². The molecule has 0 radical (unpaired) electrons. The minimum absolute atomic E-state index is 0.00770. The van der Waals surface area contributed by atoms with Gasteiger partial charge in [0.2, 0.25) is 5.91 Å². The first kappa shape index (κ1) is 14.4. The molecule has 0 spiro atoms. The standard InChI is InChI=1S/C10H18N4O4/c1-11-10(17)14-5-4-12-6-7(14)8(15)2-3-9(16)13-18/h7,12,18H,2-6H2,1H3,(H,11,17)(H,13,16)/t7-/m0/s1. The molecule has 1 fully saturated rings. The molecule has 18 heavy (non-hydrogen) atoms. The summed E-state index contributed by atoms with van der Waals surface area (Å²) in [7, 11) is 1.51. The number of rotatable bonds is 4. The largest absolute Gasteiger partial charge is 0.341 e. The zero-order valence-corrected chi connectivity index (χ0v) is 10.2. The van der Waals surface area contributed by atoms with Crippen LogP contribution in [0.25, 0.3) is 0 Å². The SMILES string of the molecule is CNC(=O)N1CCNC[C@H]1C(=O)CCC(=O)NO. The minimum atomic E-state index is -0.612. The number of nitrogens with zero attached hydrogens (tertiary/aromatic N) is 1. The van der Waals surface area contributed by atoms with Gasteiger partial charge in [0.1, 0.15) is 6.04 Å². The number of hydroxylamine groups is 1. The van der Waals surface area contributed by atoms with E-state index in [9.17, 15) is 14.4 Å². The predicted molar refractivity (Wildman–Crippen MR) is 62.0 cm³/mol. The van der Waals surface area contributed by atoms with Gasteiger partial charge < -0.3 is 15.5 Å². The summed E-state index contributed by atoms with van der Waals surface area (Å²) in [5.74, 6) is -0.812. The normalized spacial score (nSPS) is 19.2. The third-order valence-electron chi connectivity index (χ3n) is 2.81. The fourth-order valence-electron chi connectivity index (χ4n) is 1.84. The fraction of sp³-hybridized carbons (Fsp3) is 0.700. The molecular formula is C10H18N4O4. The molecule has 0 aromatic carbocycles. The number of ketones is 1. The molecule has 1 heterocycles. The van der Waals surface area contributed by atoms with Crippen molar-refractivity contribution >= 4 is 17.7 Å². The summed E-state index contributed by atoms with van der Waals surface area (Å²) in [6.45, 7) is 1.46. The van der Waals surface area contributed by atoms with Gasteiger partial charge in [-0.05, 0) is 0 Å². The number of carbonyl (C=O) groups is 3. The highest BCUT2D eigenvalue weighted by Gasteiger charge is 2.31. The van der Waals surface area contributed by atoms with Gasteiger partial charge in [-0.25, -0.2) is 10.3 Å². The Bertz CT molecular complexity index is 334. The van der Waals surface area contributed by atoms with E-state index in [0.717, 1.165) is 0 Å². The molecule has 4 N–H and O–H groups in total. The van der Waals surface area contributed by atoms with Crippen molar-refractivity contribution in [1.29, 1.82) is 0 Å². The second-order valence-electron chi connectivity index (χ2n) is 3.97. The van der Waals surface area contributed by atoms with Crippen LogP contribution in [0.5, 0.6) is 0 Å². The summed E-state index contributed by atoms with van der Waals surface area (Å²) < 4.78 is 0. The number of Topliss-reactive ketones (excluding diaryl/α,β-unsaturated/α-hetero) is 1. The highest BCUT2D eigenvalue weighted by Crippen LogP contribution is 2.08. The summed E-state index contributed by atoms with van der Waals surface area (Å²) >= 11 is 0. The minimum Gasteiger partial charge on any atom is -0.341 e. The predicted octanol–water partition coefficient (Wildman–Crippen LogP) is -1.55. The Morgan fingerprint density at radius 3 is 2.72 bits per heavy atom. The lowest BCUT2D eigenvalue weighted by molar-refractivity contribution is -0.132. The van der Waals surface area contributed by atoms with Crippen LogP contribution in [0.3, 0.4) is 0 Å². The number of amides is 3. The summed E-state index contributed by atoms with van der Waals surface area (Å²) in [5, 5.41) is 13.9. The summed E-state index contributed by atoms with van der Waals surface area (Å²) in [4.78, 5) is 35.8. The molecule has 1 rings (SSSR count). The Morgan fingerprint density at radius 2 is 2.11 bits per heavy atom. The van der Waals surface area contributed by atoms with Crippen LogP contribution >= 0.6 is 0 Å². The van der Waals surface area contributed by atoms with Crippen molar-refractivity contribution in [2.24, 2.45) is 0 Å². The van der Waals surface area contributed by atoms with Crippen LogP contribution < -0.4 is 16.1 Å². The molecule has 8 nitrogen and oxygen atoms in total. The summed E-state index contributed by atoms with van der Waals surface area (Å²) in [5.41, 5.74) is 1.47. The van der Waals surface area contributed by atoms with E-state index in [1.54, 1.807) is 0 Å². The first-order chi connectivity index (χ1) is 8.60. The molecule has 0 unspecified atom stereocenters. The van der Waals surface area contributed by atoms with E-state index >= 15 is 0 Å². The highest BCUT2D eigenvalue weighted by molar-refractivity contribution is 5.91. The molecule has 8 heteroatoms. The van der Waals surface area contributed by atoms with Crippen molar-refractivity contribution in [3.05, 3.63) is 0 Å². The Labute approximate surface area is 105 Å². The van der Waals surface area contributed by atoms with E-state index in [1.807, 2.05) is 0 Å². The van der Waals surface area contributed by atoms with Crippen LogP contribution in [-0.2, 0) is 9.59 Å². The van der Waals surface area contributed by atoms with Crippen molar-refractivity contribution in [1.82, 2.24) is 21.0 Å². The van der Waals surface area contributed by atoms with Crippen LogP contribution in [-0.4, -0.2) is 60.6 Å². The van der Waals surface area contributed by atoms with Gasteiger partial charge in [0.25, 0.3) is 0 Å². The van der Waals surface area contributed by atoms with Crippen LogP contribution in [0, 0.1) is 0 Å². The maximum Gasteiger partial charge on any atom is 0.317 e. The third kappa shape index (κ3) is 3.67. The first-order valence-corrected chi connectivity index (χ1v) is 5.75. The zero-order chi connectivity index (χ0) is 13.5. The quantitative estimate of drug-likeness (QED) is 0.360. The topological polar surface area (TPSA) is 111 Å². The number of hydrogen-bond acceptors (Lipinski definition) is 5. The van der Waals surface area contributed by atoms with Crippen LogP contribution in [0.15, 0.2) is 0 Å². The second kappa shape index (κ2) is 6.92. The van der Waals surface area contributed by atoms with E-state index in [1.165, 1.54) is 17.4 Å². The number of piperazine rings is 1. The lowest BCUT2D eigenvalue weighted by atomic mass is 10.0. The number of urea groups is 1. The van der Waals surface area contributed by atoms with Crippen molar-refractivity contribution in [3.8, 4) is 0 Å². The third-order valence-corrected chi connectivity index (χ3v) is 2.81. The first-order valence-electron chi connectivity index (χ1n) is 5.75. The monoisotopic (exact) mass is 258 g/mol. The van der Waals surface area contributed by atoms with Gasteiger partial charge in [-0.1, -0.05) is 0 Å². The van der Waals surface area contributed by atoms with Crippen molar-refractivity contribution in [3.63, 3.8) is 0 Å². The molecule has 3 amide bonds. The molecule has 0 bridgehead atoms. The van der Waals surface area contributed by atoms with E-state index in [0.29, 0.717) is 19.6 Å². The number of nitrogens with one attached hydrogen (secondary N) is 3. The molecule has 0 saturated carbocycles. The zero-order valence-electron chi connectivity index (χ0n) is 10.2. The van der Waals surface area contributed by atoms with Crippen LogP contribution in [0.4, 0.5) is 4.79 Å². The Balaban J connectivity index is 2.57. The van der Waals surface area contributed by atoms with E-state index in [-0.39, 0.29) is 24.7 Å². The fourth-order valence-corrected chi connectivity index (χ4v) is 1.84. The van der Waals surface area contributed by atoms with Gasteiger partial charge in [-0.3, -0.25) is 14.8 Å². The van der Waals surface area contributed by atoms with Crippen molar-refractivity contribution in [2.75, 3.05) is 26.7 Å². The van der Waals surface area contributed by atoms with Crippen LogP contribution in [0.2, 0.25) is 0 Å². The van der Waals surface area contributed by atoms with Gasteiger partial charge in [0.05, 0.1) is 0 Å². The molecule has 102 valence electrons. The lowest BCUT2D eigenvalue weighted by Gasteiger charge is -2.34.